The van der Waals surface area contributed by atoms with E-state index < -0.39 is 0 Å². The Kier molecular flexibility index (Phi) is 5.14. The molecule has 0 unspecified atom stereocenters. The minimum Gasteiger partial charge on any atom is -0.466 e. The number of anilines is 1. The van der Waals surface area contributed by atoms with E-state index in [4.69, 9.17) is 4.74 Å². The van der Waals surface area contributed by atoms with Crippen molar-refractivity contribution in [3.8, 4) is 0 Å². The second kappa shape index (κ2) is 7.34. The molecule has 0 radical (unpaired) electrons. The molecule has 0 aliphatic rings. The van der Waals surface area contributed by atoms with E-state index in [0.717, 1.165) is 11.3 Å². The van der Waals surface area contributed by atoms with Crippen LogP contribution in [0.4, 0.5) is 5.13 Å². The normalized spacial score (nSPS) is 10.9. The number of rotatable bonds is 5. The summed E-state index contributed by atoms with van der Waals surface area (Å²) in [6.45, 7) is 3.77. The van der Waals surface area contributed by atoms with Crippen LogP contribution in [-0.2, 0) is 23.0 Å². The first kappa shape index (κ1) is 18.2. The van der Waals surface area contributed by atoms with Crippen LogP contribution < -0.4 is 10.9 Å². The average Bonchev–Trinajstić information content (AvgIpc) is 3.16. The number of hydrogen-bond acceptors (Lipinski definition) is 8. The van der Waals surface area contributed by atoms with Crippen molar-refractivity contribution < 1.29 is 14.3 Å². The van der Waals surface area contributed by atoms with Crippen LogP contribution in [0.5, 0.6) is 0 Å². The predicted molar refractivity (Wildman–Crippen MR) is 100 cm³/mol. The molecule has 0 atom stereocenters. The molecule has 0 saturated carbocycles. The lowest BCUT2D eigenvalue weighted by molar-refractivity contribution is -0.142. The molecule has 1 amide bonds. The van der Waals surface area contributed by atoms with E-state index in [0.29, 0.717) is 38.1 Å². The van der Waals surface area contributed by atoms with Crippen LogP contribution in [-0.4, -0.2) is 33.0 Å². The molecule has 0 aromatic carbocycles. The number of aromatic nitrogens is 3. The molecule has 0 saturated heterocycles. The van der Waals surface area contributed by atoms with Crippen molar-refractivity contribution in [1.29, 1.82) is 0 Å². The molecule has 3 aromatic rings. The number of fused-ring (bicyclic) bond motifs is 1. The molecular formula is C16H16N4O4S2. The van der Waals surface area contributed by atoms with Crippen molar-refractivity contribution in [2.45, 2.75) is 20.3 Å². The number of nitrogens with zero attached hydrogens (tertiary/aromatic N) is 3. The summed E-state index contributed by atoms with van der Waals surface area (Å²) < 4.78 is 6.26. The summed E-state index contributed by atoms with van der Waals surface area (Å²) in [5.41, 5.74) is 0.945. The molecule has 0 bridgehead atoms. The van der Waals surface area contributed by atoms with Crippen molar-refractivity contribution in [2.75, 3.05) is 11.9 Å². The fourth-order valence-corrected chi connectivity index (χ4v) is 4.12. The highest BCUT2D eigenvalue weighted by molar-refractivity contribution is 7.21. The van der Waals surface area contributed by atoms with E-state index in [9.17, 15) is 14.4 Å². The molecular weight excluding hydrogens is 376 g/mol. The number of carbonyl (C=O) groups is 2. The highest BCUT2D eigenvalue weighted by Gasteiger charge is 2.20. The van der Waals surface area contributed by atoms with Crippen LogP contribution in [0.25, 0.3) is 10.2 Å². The van der Waals surface area contributed by atoms with Gasteiger partial charge in [-0.1, -0.05) is 0 Å². The van der Waals surface area contributed by atoms with Crippen molar-refractivity contribution >= 4 is 49.9 Å². The Labute approximate surface area is 156 Å². The van der Waals surface area contributed by atoms with Gasteiger partial charge in [0, 0.05) is 12.4 Å². The summed E-state index contributed by atoms with van der Waals surface area (Å²) in [5.74, 6) is -0.720. The van der Waals surface area contributed by atoms with E-state index in [1.807, 2.05) is 0 Å². The lowest BCUT2D eigenvalue weighted by atomic mass is 10.2. The van der Waals surface area contributed by atoms with Gasteiger partial charge in [-0.3, -0.25) is 19.7 Å². The van der Waals surface area contributed by atoms with E-state index in [1.165, 1.54) is 22.2 Å². The summed E-state index contributed by atoms with van der Waals surface area (Å²) in [6.07, 6.45) is 1.49. The maximum absolute atomic E-state index is 12.6. The number of thiazole rings is 1. The zero-order chi connectivity index (χ0) is 18.8. The monoisotopic (exact) mass is 392 g/mol. The van der Waals surface area contributed by atoms with Crippen LogP contribution in [0.3, 0.4) is 0 Å². The van der Waals surface area contributed by atoms with E-state index >= 15 is 0 Å². The van der Waals surface area contributed by atoms with Gasteiger partial charge in [-0.2, -0.15) is 0 Å². The van der Waals surface area contributed by atoms with Crippen molar-refractivity contribution in [3.05, 3.63) is 38.2 Å². The first-order valence-corrected chi connectivity index (χ1v) is 9.46. The SMILES string of the molecule is CCOC(=O)Cc1csc(NC(=O)c2sc3ncn(C)c(=O)c3c2C)n1. The maximum Gasteiger partial charge on any atom is 0.311 e. The van der Waals surface area contributed by atoms with Crippen molar-refractivity contribution in [2.24, 2.45) is 7.05 Å². The van der Waals surface area contributed by atoms with Crippen molar-refractivity contribution in [1.82, 2.24) is 14.5 Å². The summed E-state index contributed by atoms with van der Waals surface area (Å²) in [6, 6.07) is 0. The predicted octanol–water partition coefficient (Wildman–Crippen LogP) is 2.12. The molecule has 26 heavy (non-hydrogen) atoms. The third kappa shape index (κ3) is 3.51. The van der Waals surface area contributed by atoms with E-state index in [-0.39, 0.29) is 23.9 Å². The average molecular weight is 392 g/mol. The van der Waals surface area contributed by atoms with E-state index in [1.54, 1.807) is 26.3 Å². The van der Waals surface area contributed by atoms with Gasteiger partial charge in [0.15, 0.2) is 5.13 Å². The Balaban J connectivity index is 1.81. The van der Waals surface area contributed by atoms with E-state index in [2.05, 4.69) is 15.3 Å². The summed E-state index contributed by atoms with van der Waals surface area (Å²) in [5, 5.41) is 5.24. The topological polar surface area (TPSA) is 103 Å². The van der Waals surface area contributed by atoms with Gasteiger partial charge in [0.2, 0.25) is 0 Å². The number of thiophene rings is 1. The first-order chi connectivity index (χ1) is 12.4. The Morgan fingerprint density at radius 3 is 2.88 bits per heavy atom. The molecule has 0 aliphatic heterocycles. The van der Waals surface area contributed by atoms with Gasteiger partial charge < -0.3 is 9.30 Å². The standard InChI is InChI=1S/C16H16N4O4S2/c1-4-24-10(21)5-9-6-25-16(18-9)19-13(22)12-8(2)11-14(26-12)17-7-20(3)15(11)23/h6-7H,4-5H2,1-3H3,(H,18,19,22). The lowest BCUT2D eigenvalue weighted by Gasteiger charge is -2.00. The molecule has 3 heterocycles. The number of ether oxygens (including phenoxy) is 1. The highest BCUT2D eigenvalue weighted by Crippen LogP contribution is 2.28. The maximum atomic E-state index is 12.6. The number of hydrogen-bond donors (Lipinski definition) is 1. The first-order valence-electron chi connectivity index (χ1n) is 7.76. The second-order valence-corrected chi connectivity index (χ2v) is 7.33. The van der Waals surface area contributed by atoms with Crippen LogP contribution in [0, 0.1) is 6.92 Å². The fraction of sp³-hybridized carbons (Fsp3) is 0.312. The lowest BCUT2D eigenvalue weighted by Crippen LogP contribution is -2.17. The number of aryl methyl sites for hydroxylation is 2. The van der Waals surface area contributed by atoms with Gasteiger partial charge in [-0.05, 0) is 19.4 Å². The summed E-state index contributed by atoms with van der Waals surface area (Å²) >= 11 is 2.39. The van der Waals surface area contributed by atoms with Gasteiger partial charge in [-0.25, -0.2) is 9.97 Å². The number of esters is 1. The number of nitrogens with one attached hydrogen (secondary N) is 1. The molecule has 3 aromatic heterocycles. The van der Waals surface area contributed by atoms with Gasteiger partial charge >= 0.3 is 5.97 Å². The molecule has 1 N–H and O–H groups in total. The second-order valence-electron chi connectivity index (χ2n) is 5.48. The van der Waals surface area contributed by atoms with Gasteiger partial charge in [0.05, 0.1) is 35.3 Å². The third-order valence-electron chi connectivity index (χ3n) is 3.62. The highest BCUT2D eigenvalue weighted by atomic mass is 32.1. The fourth-order valence-electron chi connectivity index (χ4n) is 2.38. The van der Waals surface area contributed by atoms with Crippen LogP contribution >= 0.6 is 22.7 Å². The summed E-state index contributed by atoms with van der Waals surface area (Å²) in [4.78, 5) is 45.7. The zero-order valence-electron chi connectivity index (χ0n) is 14.4. The van der Waals surface area contributed by atoms with Crippen LogP contribution in [0.2, 0.25) is 0 Å². The molecule has 10 heteroatoms. The molecule has 8 nitrogen and oxygen atoms in total. The largest absolute Gasteiger partial charge is 0.466 e. The Hall–Kier alpha value is -2.59. The molecule has 0 fully saturated rings. The smallest absolute Gasteiger partial charge is 0.311 e. The Bertz CT molecular complexity index is 1050. The van der Waals surface area contributed by atoms with Crippen LogP contribution in [0.15, 0.2) is 16.5 Å². The summed E-state index contributed by atoms with van der Waals surface area (Å²) in [7, 11) is 1.62. The third-order valence-corrected chi connectivity index (χ3v) is 5.62. The quantitative estimate of drug-likeness (QED) is 0.667. The number of carbonyl (C=O) groups excluding carboxylic acids is 2. The van der Waals surface area contributed by atoms with Gasteiger partial charge in [0.1, 0.15) is 4.83 Å². The molecule has 0 aliphatic carbocycles. The minimum absolute atomic E-state index is 0.0576. The Morgan fingerprint density at radius 1 is 1.38 bits per heavy atom. The van der Waals surface area contributed by atoms with Gasteiger partial charge in [0.25, 0.3) is 11.5 Å². The molecule has 3 rings (SSSR count). The van der Waals surface area contributed by atoms with Gasteiger partial charge in [-0.15, -0.1) is 22.7 Å². The van der Waals surface area contributed by atoms with Crippen LogP contribution in [0.1, 0.15) is 27.9 Å². The number of amides is 1. The van der Waals surface area contributed by atoms with Crippen molar-refractivity contribution in [3.63, 3.8) is 0 Å². The Morgan fingerprint density at radius 2 is 2.15 bits per heavy atom. The minimum atomic E-state index is -0.363. The zero-order valence-corrected chi connectivity index (χ0v) is 16.0. The molecule has 0 spiro atoms. The molecule has 136 valence electrons.